The Hall–Kier alpha value is -0.900. The highest BCUT2D eigenvalue weighted by molar-refractivity contribution is 6.05. The molecule has 2 fully saturated rings. The van der Waals surface area contributed by atoms with Gasteiger partial charge in [-0.3, -0.25) is 14.5 Å². The molecule has 0 bridgehead atoms. The highest BCUT2D eigenvalue weighted by Crippen LogP contribution is 2.28. The van der Waals surface area contributed by atoms with Crippen LogP contribution in [0.4, 0.5) is 0 Å². The van der Waals surface area contributed by atoms with Gasteiger partial charge in [0.15, 0.2) is 0 Å². The number of carbonyl (C=O) groups is 2. The number of hydrogen-bond donors (Lipinski definition) is 1. The van der Waals surface area contributed by atoms with Crippen molar-refractivity contribution < 1.29 is 9.59 Å². The molecule has 1 N–H and O–H groups in total. The molecule has 3 atom stereocenters. The normalized spacial score (nSPS) is 32.1. The fourth-order valence-electron chi connectivity index (χ4n) is 3.36. The number of nitrogens with zero attached hydrogens (tertiary/aromatic N) is 1. The van der Waals surface area contributed by atoms with E-state index in [1.807, 2.05) is 6.92 Å². The molecule has 1 heterocycles. The van der Waals surface area contributed by atoms with Gasteiger partial charge in [-0.05, 0) is 37.6 Å². The van der Waals surface area contributed by atoms with Crippen LogP contribution in [-0.2, 0) is 9.59 Å². The van der Waals surface area contributed by atoms with Crippen LogP contribution in [0, 0.1) is 11.8 Å². The van der Waals surface area contributed by atoms with Gasteiger partial charge in [0.25, 0.3) is 0 Å². The molecule has 0 radical (unpaired) electrons. The SMILES string of the molecule is CCCN1C(=O)CC(NCC2CCCC(C)C2)C1=O. The fraction of sp³-hybridized carbons (Fsp3) is 0.867. The first-order valence-electron chi connectivity index (χ1n) is 7.69. The van der Waals surface area contributed by atoms with E-state index in [9.17, 15) is 9.59 Å². The van der Waals surface area contributed by atoms with E-state index in [0.717, 1.165) is 18.9 Å². The largest absolute Gasteiger partial charge is 0.305 e. The summed E-state index contributed by atoms with van der Waals surface area (Å²) in [6.07, 6.45) is 6.32. The van der Waals surface area contributed by atoms with Gasteiger partial charge in [-0.25, -0.2) is 0 Å². The smallest absolute Gasteiger partial charge is 0.246 e. The molecule has 1 aliphatic heterocycles. The van der Waals surface area contributed by atoms with Gasteiger partial charge in [0.1, 0.15) is 0 Å². The third-order valence-electron chi connectivity index (χ3n) is 4.39. The van der Waals surface area contributed by atoms with Gasteiger partial charge in [-0.15, -0.1) is 0 Å². The van der Waals surface area contributed by atoms with Gasteiger partial charge in [0, 0.05) is 6.54 Å². The summed E-state index contributed by atoms with van der Waals surface area (Å²) in [5.41, 5.74) is 0. The number of carbonyl (C=O) groups excluding carboxylic acids is 2. The zero-order valence-electron chi connectivity index (χ0n) is 12.2. The van der Waals surface area contributed by atoms with Gasteiger partial charge < -0.3 is 5.32 Å². The van der Waals surface area contributed by atoms with E-state index in [4.69, 9.17) is 0 Å². The molecule has 4 heteroatoms. The van der Waals surface area contributed by atoms with E-state index in [0.29, 0.717) is 18.9 Å². The molecule has 1 aliphatic carbocycles. The molecule has 0 aromatic carbocycles. The van der Waals surface area contributed by atoms with Gasteiger partial charge >= 0.3 is 0 Å². The Balaban J connectivity index is 1.80. The first-order chi connectivity index (χ1) is 9.11. The molecule has 2 amide bonds. The minimum Gasteiger partial charge on any atom is -0.305 e. The van der Waals surface area contributed by atoms with Crippen molar-refractivity contribution in [1.29, 1.82) is 0 Å². The average molecular weight is 266 g/mol. The van der Waals surface area contributed by atoms with Crippen molar-refractivity contribution in [2.24, 2.45) is 11.8 Å². The molecule has 0 aromatic rings. The lowest BCUT2D eigenvalue weighted by molar-refractivity contribution is -0.138. The summed E-state index contributed by atoms with van der Waals surface area (Å²) in [7, 11) is 0. The minimum atomic E-state index is -0.267. The lowest BCUT2D eigenvalue weighted by Crippen LogP contribution is -2.41. The van der Waals surface area contributed by atoms with Crippen LogP contribution in [-0.4, -0.2) is 35.8 Å². The first kappa shape index (κ1) is 14.5. The van der Waals surface area contributed by atoms with Crippen molar-refractivity contribution in [3.8, 4) is 0 Å². The van der Waals surface area contributed by atoms with Gasteiger partial charge in [0.2, 0.25) is 11.8 Å². The molecule has 0 spiro atoms. The van der Waals surface area contributed by atoms with E-state index in [-0.39, 0.29) is 17.9 Å². The van der Waals surface area contributed by atoms with Crippen molar-refractivity contribution in [3.05, 3.63) is 0 Å². The summed E-state index contributed by atoms with van der Waals surface area (Å²) in [5, 5.41) is 3.33. The first-order valence-corrected chi connectivity index (χ1v) is 7.69. The predicted molar refractivity (Wildman–Crippen MR) is 74.5 cm³/mol. The molecule has 3 unspecified atom stereocenters. The number of amides is 2. The Morgan fingerprint density at radius 3 is 2.79 bits per heavy atom. The minimum absolute atomic E-state index is 0.0126. The third-order valence-corrected chi connectivity index (χ3v) is 4.39. The quantitative estimate of drug-likeness (QED) is 0.774. The molecular weight excluding hydrogens is 240 g/mol. The Bertz CT molecular complexity index is 343. The molecule has 2 aliphatic rings. The van der Waals surface area contributed by atoms with Crippen LogP contribution < -0.4 is 5.32 Å². The summed E-state index contributed by atoms with van der Waals surface area (Å²) in [6.45, 7) is 5.74. The molecule has 19 heavy (non-hydrogen) atoms. The van der Waals surface area contributed by atoms with Crippen molar-refractivity contribution in [1.82, 2.24) is 10.2 Å². The Morgan fingerprint density at radius 1 is 1.32 bits per heavy atom. The number of imide groups is 1. The Kier molecular flexibility index (Phi) is 4.97. The summed E-state index contributed by atoms with van der Waals surface area (Å²) in [4.78, 5) is 25.3. The number of rotatable bonds is 5. The molecule has 0 aromatic heterocycles. The second-order valence-corrected chi connectivity index (χ2v) is 6.19. The molecule has 2 rings (SSSR count). The summed E-state index contributed by atoms with van der Waals surface area (Å²) in [6, 6.07) is -0.267. The zero-order chi connectivity index (χ0) is 13.8. The van der Waals surface area contributed by atoms with E-state index in [1.54, 1.807) is 0 Å². The van der Waals surface area contributed by atoms with Crippen LogP contribution >= 0.6 is 0 Å². The zero-order valence-corrected chi connectivity index (χ0v) is 12.2. The summed E-state index contributed by atoms with van der Waals surface area (Å²) in [5.74, 6) is 1.45. The van der Waals surface area contributed by atoms with Crippen LogP contribution in [0.15, 0.2) is 0 Å². The highest BCUT2D eigenvalue weighted by Gasteiger charge is 2.37. The maximum absolute atomic E-state index is 12.1. The van der Waals surface area contributed by atoms with Gasteiger partial charge in [-0.1, -0.05) is 26.7 Å². The predicted octanol–water partition coefficient (Wildman–Crippen LogP) is 1.94. The van der Waals surface area contributed by atoms with Crippen molar-refractivity contribution >= 4 is 11.8 Å². The second kappa shape index (κ2) is 6.51. The van der Waals surface area contributed by atoms with E-state index < -0.39 is 0 Å². The van der Waals surface area contributed by atoms with Crippen molar-refractivity contribution in [3.63, 3.8) is 0 Å². The number of likely N-dealkylation sites (tertiary alicyclic amines) is 1. The van der Waals surface area contributed by atoms with Crippen molar-refractivity contribution in [2.45, 2.75) is 58.4 Å². The lowest BCUT2D eigenvalue weighted by Gasteiger charge is -2.27. The van der Waals surface area contributed by atoms with Crippen LogP contribution in [0.5, 0.6) is 0 Å². The second-order valence-electron chi connectivity index (χ2n) is 6.19. The molecule has 4 nitrogen and oxygen atoms in total. The van der Waals surface area contributed by atoms with Crippen LogP contribution in [0.2, 0.25) is 0 Å². The standard InChI is InChI=1S/C15H26N2O2/c1-3-7-17-14(18)9-13(15(17)19)16-10-12-6-4-5-11(2)8-12/h11-13,16H,3-10H2,1-2H3. The number of nitrogens with one attached hydrogen (secondary N) is 1. The lowest BCUT2D eigenvalue weighted by atomic mass is 9.82. The molecule has 1 saturated carbocycles. The average Bonchev–Trinajstić information content (AvgIpc) is 2.65. The van der Waals surface area contributed by atoms with Gasteiger partial charge in [0.05, 0.1) is 12.5 Å². The number of hydrogen-bond acceptors (Lipinski definition) is 3. The van der Waals surface area contributed by atoms with E-state index in [1.165, 1.54) is 30.6 Å². The topological polar surface area (TPSA) is 49.4 Å². The molecule has 1 saturated heterocycles. The summed E-state index contributed by atoms with van der Waals surface area (Å²) >= 11 is 0. The maximum atomic E-state index is 12.1. The van der Waals surface area contributed by atoms with Gasteiger partial charge in [-0.2, -0.15) is 0 Å². The van der Waals surface area contributed by atoms with E-state index >= 15 is 0 Å². The van der Waals surface area contributed by atoms with Crippen LogP contribution in [0.3, 0.4) is 0 Å². The Labute approximate surface area is 115 Å². The van der Waals surface area contributed by atoms with E-state index in [2.05, 4.69) is 12.2 Å². The molecule has 108 valence electrons. The van der Waals surface area contributed by atoms with Crippen LogP contribution in [0.1, 0.15) is 52.4 Å². The fourth-order valence-corrected chi connectivity index (χ4v) is 3.36. The van der Waals surface area contributed by atoms with Crippen LogP contribution in [0.25, 0.3) is 0 Å². The monoisotopic (exact) mass is 266 g/mol. The third kappa shape index (κ3) is 3.56. The van der Waals surface area contributed by atoms with Crippen molar-refractivity contribution in [2.75, 3.05) is 13.1 Å². The highest BCUT2D eigenvalue weighted by atomic mass is 16.2. The Morgan fingerprint density at radius 2 is 2.11 bits per heavy atom. The maximum Gasteiger partial charge on any atom is 0.246 e. The molecular formula is C15H26N2O2. The summed E-state index contributed by atoms with van der Waals surface area (Å²) < 4.78 is 0.